The van der Waals surface area contributed by atoms with Crippen LogP contribution in [0.3, 0.4) is 0 Å². The molecule has 2 rings (SSSR count). The molecule has 0 radical (unpaired) electrons. The van der Waals surface area contributed by atoms with Crippen LogP contribution >= 0.6 is 11.6 Å². The average Bonchev–Trinajstić information content (AvgIpc) is 2.33. The molecule has 0 bridgehead atoms. The molecule has 2 heterocycles. The van der Waals surface area contributed by atoms with Gasteiger partial charge in [0.15, 0.2) is 11.0 Å². The van der Waals surface area contributed by atoms with Crippen LogP contribution in [0.1, 0.15) is 18.3 Å². The molecule has 1 aromatic rings. The number of morpholine rings is 1. The second-order valence-corrected chi connectivity index (χ2v) is 5.02. The number of nitrogens with zero attached hydrogens (tertiary/aromatic N) is 3. The Morgan fingerprint density at radius 3 is 2.67 bits per heavy atom. The fourth-order valence-electron chi connectivity index (χ4n) is 2.08. The van der Waals surface area contributed by atoms with Crippen LogP contribution in [0.15, 0.2) is 0 Å². The van der Waals surface area contributed by atoms with E-state index in [0.29, 0.717) is 24.1 Å². The van der Waals surface area contributed by atoms with Crippen LogP contribution < -0.4 is 4.90 Å². The molecule has 0 aromatic carbocycles. The summed E-state index contributed by atoms with van der Waals surface area (Å²) in [7, 11) is 0. The van der Waals surface area contributed by atoms with E-state index < -0.39 is 0 Å². The topological polar surface area (TPSA) is 58.5 Å². The Hall–Kier alpha value is -0.910. The van der Waals surface area contributed by atoms with Gasteiger partial charge in [-0.25, -0.2) is 9.97 Å². The highest BCUT2D eigenvalue weighted by molar-refractivity contribution is 6.31. The van der Waals surface area contributed by atoms with E-state index >= 15 is 0 Å². The third kappa shape index (κ3) is 2.74. The number of rotatable bonds is 2. The minimum absolute atomic E-state index is 0.00324. The standard InChI is InChI=1S/C12H18ClN3O2/c1-7-4-16(5-10(6-17)18-7)12-11(13)14-8(2)9(3)15-12/h7,10,17H,4-6H2,1-3H3. The van der Waals surface area contributed by atoms with E-state index in [2.05, 4.69) is 9.97 Å². The summed E-state index contributed by atoms with van der Waals surface area (Å²) in [5.74, 6) is 0.674. The first-order chi connectivity index (χ1) is 8.51. The number of hydrogen-bond donors (Lipinski definition) is 1. The SMILES string of the molecule is Cc1nc(Cl)c(N2CC(C)OC(CO)C2)nc1C. The highest BCUT2D eigenvalue weighted by Gasteiger charge is 2.27. The van der Waals surface area contributed by atoms with Gasteiger partial charge in [0.25, 0.3) is 0 Å². The molecule has 1 aliphatic rings. The van der Waals surface area contributed by atoms with Crippen molar-refractivity contribution in [1.29, 1.82) is 0 Å². The van der Waals surface area contributed by atoms with Crippen LogP contribution in [0.5, 0.6) is 0 Å². The highest BCUT2D eigenvalue weighted by atomic mass is 35.5. The van der Waals surface area contributed by atoms with E-state index in [1.165, 1.54) is 0 Å². The first-order valence-corrected chi connectivity index (χ1v) is 6.41. The summed E-state index contributed by atoms with van der Waals surface area (Å²) >= 11 is 6.15. The molecule has 2 atom stereocenters. The predicted octanol–water partition coefficient (Wildman–Crippen LogP) is 1.33. The minimum atomic E-state index is -0.201. The van der Waals surface area contributed by atoms with Crippen molar-refractivity contribution in [2.75, 3.05) is 24.6 Å². The Morgan fingerprint density at radius 2 is 2.00 bits per heavy atom. The first-order valence-electron chi connectivity index (χ1n) is 6.03. The lowest BCUT2D eigenvalue weighted by atomic mass is 10.2. The van der Waals surface area contributed by atoms with Gasteiger partial charge in [0, 0.05) is 13.1 Å². The normalized spacial score (nSPS) is 24.4. The molecule has 1 N–H and O–H groups in total. The van der Waals surface area contributed by atoms with E-state index in [1.54, 1.807) is 0 Å². The maximum Gasteiger partial charge on any atom is 0.171 e. The zero-order chi connectivity index (χ0) is 13.3. The van der Waals surface area contributed by atoms with Gasteiger partial charge in [-0.15, -0.1) is 0 Å². The predicted molar refractivity (Wildman–Crippen MR) is 70.1 cm³/mol. The van der Waals surface area contributed by atoms with Crippen LogP contribution in [0, 0.1) is 13.8 Å². The fourth-order valence-corrected chi connectivity index (χ4v) is 2.37. The molecule has 0 amide bonds. The third-order valence-corrected chi connectivity index (χ3v) is 3.33. The molecule has 1 saturated heterocycles. The smallest absolute Gasteiger partial charge is 0.171 e. The molecule has 1 aliphatic heterocycles. The Labute approximate surface area is 112 Å². The highest BCUT2D eigenvalue weighted by Crippen LogP contribution is 2.25. The molecule has 1 aromatic heterocycles. The molecule has 6 heteroatoms. The quantitative estimate of drug-likeness (QED) is 0.880. The van der Waals surface area contributed by atoms with Crippen molar-refractivity contribution in [2.45, 2.75) is 33.0 Å². The van der Waals surface area contributed by atoms with Crippen LogP contribution in [-0.4, -0.2) is 47.0 Å². The summed E-state index contributed by atoms with van der Waals surface area (Å²) in [5, 5.41) is 9.63. The van der Waals surface area contributed by atoms with Crippen LogP contribution in [0.2, 0.25) is 5.15 Å². The number of aryl methyl sites for hydroxylation is 2. The van der Waals surface area contributed by atoms with Crippen molar-refractivity contribution in [3.63, 3.8) is 0 Å². The van der Waals surface area contributed by atoms with Gasteiger partial charge in [0.1, 0.15) is 0 Å². The summed E-state index contributed by atoms with van der Waals surface area (Å²) in [4.78, 5) is 10.8. The molecular weight excluding hydrogens is 254 g/mol. The van der Waals surface area contributed by atoms with Gasteiger partial charge in [-0.3, -0.25) is 0 Å². The van der Waals surface area contributed by atoms with Crippen molar-refractivity contribution in [2.24, 2.45) is 0 Å². The molecule has 18 heavy (non-hydrogen) atoms. The van der Waals surface area contributed by atoms with Crippen molar-refractivity contribution in [3.8, 4) is 0 Å². The summed E-state index contributed by atoms with van der Waals surface area (Å²) < 4.78 is 5.60. The summed E-state index contributed by atoms with van der Waals surface area (Å²) in [6.45, 7) is 7.05. The molecule has 0 aliphatic carbocycles. The Balaban J connectivity index is 2.27. The molecule has 0 saturated carbocycles. The van der Waals surface area contributed by atoms with Gasteiger partial charge in [-0.2, -0.15) is 0 Å². The minimum Gasteiger partial charge on any atom is -0.394 e. The number of ether oxygens (including phenoxy) is 1. The van der Waals surface area contributed by atoms with Gasteiger partial charge < -0.3 is 14.7 Å². The Kier molecular flexibility index (Phi) is 4.04. The third-order valence-electron chi connectivity index (χ3n) is 3.08. The maximum atomic E-state index is 9.22. The van der Waals surface area contributed by atoms with E-state index in [0.717, 1.165) is 11.4 Å². The monoisotopic (exact) mass is 271 g/mol. The van der Waals surface area contributed by atoms with Crippen LogP contribution in [0.4, 0.5) is 5.82 Å². The number of anilines is 1. The number of hydrogen-bond acceptors (Lipinski definition) is 5. The average molecular weight is 272 g/mol. The molecule has 100 valence electrons. The number of aromatic nitrogens is 2. The second-order valence-electron chi connectivity index (χ2n) is 4.67. The van der Waals surface area contributed by atoms with E-state index in [-0.39, 0.29) is 18.8 Å². The van der Waals surface area contributed by atoms with Crippen molar-refractivity contribution in [1.82, 2.24) is 9.97 Å². The van der Waals surface area contributed by atoms with Gasteiger partial charge in [0.2, 0.25) is 0 Å². The van der Waals surface area contributed by atoms with Crippen molar-refractivity contribution < 1.29 is 9.84 Å². The maximum absolute atomic E-state index is 9.22. The Bertz CT molecular complexity index is 442. The van der Waals surface area contributed by atoms with Crippen molar-refractivity contribution in [3.05, 3.63) is 16.5 Å². The molecule has 0 spiro atoms. The number of aliphatic hydroxyl groups excluding tert-OH is 1. The molecule has 2 unspecified atom stereocenters. The van der Waals surface area contributed by atoms with E-state index in [4.69, 9.17) is 16.3 Å². The van der Waals surface area contributed by atoms with Gasteiger partial charge in [-0.1, -0.05) is 11.6 Å². The molecular formula is C12H18ClN3O2. The van der Waals surface area contributed by atoms with Crippen LogP contribution in [0.25, 0.3) is 0 Å². The molecule has 1 fully saturated rings. The lowest BCUT2D eigenvalue weighted by molar-refractivity contribution is -0.0423. The lowest BCUT2D eigenvalue weighted by Crippen LogP contribution is -2.48. The zero-order valence-electron chi connectivity index (χ0n) is 10.9. The summed E-state index contributed by atoms with van der Waals surface area (Å²) in [6, 6.07) is 0. The van der Waals surface area contributed by atoms with Gasteiger partial charge in [-0.05, 0) is 20.8 Å². The van der Waals surface area contributed by atoms with Crippen molar-refractivity contribution >= 4 is 17.4 Å². The Morgan fingerprint density at radius 1 is 1.33 bits per heavy atom. The summed E-state index contributed by atoms with van der Waals surface area (Å²) in [6.07, 6.45) is -0.163. The number of halogens is 1. The summed E-state index contributed by atoms with van der Waals surface area (Å²) in [5.41, 5.74) is 1.71. The van der Waals surface area contributed by atoms with E-state index in [1.807, 2.05) is 25.7 Å². The first kappa shape index (κ1) is 13.5. The van der Waals surface area contributed by atoms with Crippen LogP contribution in [-0.2, 0) is 4.74 Å². The van der Waals surface area contributed by atoms with E-state index in [9.17, 15) is 5.11 Å². The second kappa shape index (κ2) is 5.38. The van der Waals surface area contributed by atoms with Gasteiger partial charge in [0.05, 0.1) is 30.2 Å². The molecule has 5 nitrogen and oxygen atoms in total. The largest absolute Gasteiger partial charge is 0.394 e. The van der Waals surface area contributed by atoms with Gasteiger partial charge >= 0.3 is 0 Å². The lowest BCUT2D eigenvalue weighted by Gasteiger charge is -2.37. The number of aliphatic hydroxyl groups is 1. The fraction of sp³-hybridized carbons (Fsp3) is 0.667. The zero-order valence-corrected chi connectivity index (χ0v) is 11.6.